The van der Waals surface area contributed by atoms with Gasteiger partial charge in [-0.05, 0) is 73.5 Å². The van der Waals surface area contributed by atoms with Crippen molar-refractivity contribution in [2.24, 2.45) is 0 Å². The molecular weight excluding hydrogens is 568 g/mol. The highest BCUT2D eigenvalue weighted by Crippen LogP contribution is 2.39. The van der Waals surface area contributed by atoms with E-state index < -0.39 is 0 Å². The van der Waals surface area contributed by atoms with Gasteiger partial charge in [0.1, 0.15) is 45.4 Å². The third-order valence-electron chi connectivity index (χ3n) is 9.51. The molecule has 238 valence electrons. The zero-order valence-corrected chi connectivity index (χ0v) is 27.5. The van der Waals surface area contributed by atoms with Gasteiger partial charge in [-0.15, -0.1) is 0 Å². The molecule has 46 heavy (non-hydrogen) atoms. The summed E-state index contributed by atoms with van der Waals surface area (Å²) >= 11 is 0. The van der Waals surface area contributed by atoms with Gasteiger partial charge in [-0.2, -0.15) is 0 Å². The van der Waals surface area contributed by atoms with Crippen LogP contribution in [0.1, 0.15) is 102 Å². The second-order valence-electron chi connectivity index (χ2n) is 13.0. The first-order chi connectivity index (χ1) is 22.7. The van der Waals surface area contributed by atoms with Gasteiger partial charge in [0.05, 0.1) is 0 Å². The summed E-state index contributed by atoms with van der Waals surface area (Å²) in [5, 5.41) is 4.27. The maximum absolute atomic E-state index is 6.42. The van der Waals surface area contributed by atoms with E-state index >= 15 is 0 Å². The molecule has 4 aromatic heterocycles. The molecule has 7 rings (SSSR count). The first-order valence-electron chi connectivity index (χ1n) is 17.7. The molecule has 0 spiro atoms. The average Bonchev–Trinajstić information content (AvgIpc) is 3.87. The summed E-state index contributed by atoms with van der Waals surface area (Å²) in [7, 11) is 0. The van der Waals surface area contributed by atoms with E-state index in [0.29, 0.717) is 0 Å². The molecule has 4 heterocycles. The van der Waals surface area contributed by atoms with Crippen LogP contribution < -0.4 is 0 Å². The Balaban J connectivity index is 1.07. The summed E-state index contributed by atoms with van der Waals surface area (Å²) in [5.74, 6) is 3.91. The highest BCUT2D eigenvalue weighted by Gasteiger charge is 2.16. The van der Waals surface area contributed by atoms with Crippen LogP contribution in [0, 0.1) is 0 Å². The van der Waals surface area contributed by atoms with Crippen LogP contribution >= 0.6 is 0 Å². The van der Waals surface area contributed by atoms with E-state index in [9.17, 15) is 0 Å². The molecule has 0 aliphatic heterocycles. The SMILES string of the molecule is CCCCCCCCc1ccc(-c2ccc3c(c2)oc2cc4c(cc23)oc2cc(-c3ccc(CCCCCCCC)o3)ccc24)o1. The summed E-state index contributed by atoms with van der Waals surface area (Å²) < 4.78 is 25.3. The maximum atomic E-state index is 6.42. The fraction of sp³-hybridized carbons (Fsp3) is 0.381. The van der Waals surface area contributed by atoms with Crippen molar-refractivity contribution in [2.45, 2.75) is 104 Å². The molecule has 4 nitrogen and oxygen atoms in total. The van der Waals surface area contributed by atoms with Gasteiger partial charge in [-0.3, -0.25) is 0 Å². The first-order valence-corrected chi connectivity index (χ1v) is 17.7. The van der Waals surface area contributed by atoms with Gasteiger partial charge in [0.2, 0.25) is 0 Å². The molecule has 0 amide bonds. The fourth-order valence-electron chi connectivity index (χ4n) is 6.85. The van der Waals surface area contributed by atoms with Gasteiger partial charge in [0.25, 0.3) is 0 Å². The number of furan rings is 4. The Morgan fingerprint density at radius 3 is 1.24 bits per heavy atom. The lowest BCUT2D eigenvalue weighted by Crippen LogP contribution is -1.83. The normalized spacial score (nSPS) is 12.0. The number of hydrogen-bond acceptors (Lipinski definition) is 4. The Morgan fingerprint density at radius 2 is 0.783 bits per heavy atom. The number of benzene rings is 3. The molecule has 3 aromatic carbocycles. The monoisotopic (exact) mass is 614 g/mol. The van der Waals surface area contributed by atoms with Crippen LogP contribution in [0.25, 0.3) is 66.5 Å². The quantitative estimate of drug-likeness (QED) is 0.102. The molecule has 0 saturated heterocycles. The molecule has 0 atom stereocenters. The van der Waals surface area contributed by atoms with Crippen LogP contribution in [0.5, 0.6) is 0 Å². The minimum atomic E-state index is 0.857. The lowest BCUT2D eigenvalue weighted by atomic mass is 10.1. The van der Waals surface area contributed by atoms with Crippen molar-refractivity contribution in [2.75, 3.05) is 0 Å². The average molecular weight is 615 g/mol. The van der Waals surface area contributed by atoms with E-state index in [0.717, 1.165) is 90.9 Å². The van der Waals surface area contributed by atoms with Crippen molar-refractivity contribution in [3.8, 4) is 22.6 Å². The predicted octanol–water partition coefficient (Wildman–Crippen LogP) is 13.8. The largest absolute Gasteiger partial charge is 0.461 e. The lowest BCUT2D eigenvalue weighted by molar-refractivity contribution is 0.502. The summed E-state index contributed by atoms with van der Waals surface area (Å²) in [4.78, 5) is 0. The van der Waals surface area contributed by atoms with Crippen LogP contribution in [0.3, 0.4) is 0 Å². The van der Waals surface area contributed by atoms with Crippen LogP contribution in [-0.2, 0) is 12.8 Å². The van der Waals surface area contributed by atoms with E-state index in [1.165, 1.54) is 77.0 Å². The van der Waals surface area contributed by atoms with Crippen LogP contribution in [0.2, 0.25) is 0 Å². The van der Waals surface area contributed by atoms with Crippen molar-refractivity contribution in [1.29, 1.82) is 0 Å². The number of rotatable bonds is 16. The topological polar surface area (TPSA) is 52.6 Å². The second kappa shape index (κ2) is 14.1. The van der Waals surface area contributed by atoms with Gasteiger partial charge in [-0.1, -0.05) is 90.2 Å². The van der Waals surface area contributed by atoms with Crippen molar-refractivity contribution >= 4 is 43.9 Å². The highest BCUT2D eigenvalue weighted by atomic mass is 16.3. The molecule has 0 fully saturated rings. The number of hydrogen-bond donors (Lipinski definition) is 0. The third kappa shape index (κ3) is 6.54. The molecule has 4 heteroatoms. The van der Waals surface area contributed by atoms with Gasteiger partial charge in [0.15, 0.2) is 0 Å². The van der Waals surface area contributed by atoms with E-state index in [4.69, 9.17) is 17.7 Å². The van der Waals surface area contributed by atoms with Crippen molar-refractivity contribution in [1.82, 2.24) is 0 Å². The minimum absolute atomic E-state index is 0.857. The molecule has 0 N–H and O–H groups in total. The zero-order valence-electron chi connectivity index (χ0n) is 27.5. The Morgan fingerprint density at radius 1 is 0.370 bits per heavy atom. The maximum Gasteiger partial charge on any atom is 0.136 e. The van der Waals surface area contributed by atoms with E-state index in [1.807, 2.05) is 0 Å². The van der Waals surface area contributed by atoms with Crippen LogP contribution in [-0.4, -0.2) is 0 Å². The molecule has 0 unspecified atom stereocenters. The summed E-state index contributed by atoms with van der Waals surface area (Å²) in [6, 6.07) is 25.4. The van der Waals surface area contributed by atoms with Crippen molar-refractivity contribution in [3.05, 3.63) is 84.3 Å². The Labute approximate surface area is 271 Å². The van der Waals surface area contributed by atoms with E-state index in [1.54, 1.807) is 0 Å². The number of unbranched alkanes of at least 4 members (excludes halogenated alkanes) is 10. The van der Waals surface area contributed by atoms with Gasteiger partial charge in [0, 0.05) is 45.5 Å². The Bertz CT molecular complexity index is 1900. The summed E-state index contributed by atoms with van der Waals surface area (Å²) in [6.45, 7) is 4.52. The van der Waals surface area contributed by atoms with Crippen molar-refractivity contribution < 1.29 is 17.7 Å². The van der Waals surface area contributed by atoms with Gasteiger partial charge in [-0.25, -0.2) is 0 Å². The number of aryl methyl sites for hydroxylation is 2. The summed E-state index contributed by atoms with van der Waals surface area (Å²) in [5.41, 5.74) is 5.51. The molecule has 0 radical (unpaired) electrons. The Kier molecular flexibility index (Phi) is 9.32. The van der Waals surface area contributed by atoms with E-state index in [2.05, 4.69) is 86.6 Å². The zero-order chi connectivity index (χ0) is 31.3. The second-order valence-corrected chi connectivity index (χ2v) is 13.0. The molecule has 7 aromatic rings. The minimum Gasteiger partial charge on any atom is -0.461 e. The molecule has 0 saturated carbocycles. The Hall–Kier alpha value is -4.18. The smallest absolute Gasteiger partial charge is 0.136 e. The number of fused-ring (bicyclic) bond motifs is 6. The van der Waals surface area contributed by atoms with Gasteiger partial charge < -0.3 is 17.7 Å². The van der Waals surface area contributed by atoms with E-state index in [-0.39, 0.29) is 0 Å². The summed E-state index contributed by atoms with van der Waals surface area (Å²) in [6.07, 6.45) is 17.4. The van der Waals surface area contributed by atoms with Crippen molar-refractivity contribution in [3.63, 3.8) is 0 Å². The molecule has 0 aliphatic rings. The third-order valence-corrected chi connectivity index (χ3v) is 9.51. The predicted molar refractivity (Wildman–Crippen MR) is 191 cm³/mol. The fourth-order valence-corrected chi connectivity index (χ4v) is 6.85. The van der Waals surface area contributed by atoms with Crippen LogP contribution in [0.4, 0.5) is 0 Å². The first kappa shape index (κ1) is 30.5. The molecule has 0 bridgehead atoms. The van der Waals surface area contributed by atoms with Gasteiger partial charge >= 0.3 is 0 Å². The standard InChI is InChI=1S/C42H46O4/c1-3-5-7-9-11-13-15-31-19-23-37(43-31)29-17-21-33-35-27-42-36(28-41(35)45-39(33)25-29)34-22-18-30(26-40(34)46-42)38-24-20-32(44-38)16-14-12-10-8-6-4-2/h17-28H,3-16H2,1-2H3. The highest BCUT2D eigenvalue weighted by molar-refractivity contribution is 6.15. The lowest BCUT2D eigenvalue weighted by Gasteiger charge is -2.00. The van der Waals surface area contributed by atoms with Crippen LogP contribution in [0.15, 0.2) is 90.5 Å². The molecular formula is C42H46O4. The molecule has 0 aliphatic carbocycles.